The molecule has 100 valence electrons. The molecule has 4 heteroatoms. The van der Waals surface area contributed by atoms with Crippen LogP contribution in [0.1, 0.15) is 5.56 Å². The molecule has 20 heavy (non-hydrogen) atoms. The molecule has 1 aromatic heterocycles. The molecule has 0 fully saturated rings. The van der Waals surface area contributed by atoms with E-state index in [0.717, 1.165) is 16.6 Å². The largest absolute Gasteiger partial charge is 0.378 e. The van der Waals surface area contributed by atoms with Gasteiger partial charge in [-0.2, -0.15) is 0 Å². The first-order chi connectivity index (χ1) is 9.75. The van der Waals surface area contributed by atoms with Crippen LogP contribution in [0.5, 0.6) is 0 Å². The number of aromatic nitrogens is 1. The molecule has 3 rings (SSSR count). The molecule has 0 saturated heterocycles. The average Bonchev–Trinajstić information content (AvgIpc) is 2.47. The normalized spacial score (nSPS) is 10.7. The van der Waals surface area contributed by atoms with Crippen LogP contribution in [-0.2, 0) is 6.54 Å². The van der Waals surface area contributed by atoms with Crippen molar-refractivity contribution in [2.75, 3.05) is 5.32 Å². The third-order valence-corrected chi connectivity index (χ3v) is 3.80. The molecule has 0 bridgehead atoms. The summed E-state index contributed by atoms with van der Waals surface area (Å²) in [5, 5.41) is 6.82. The van der Waals surface area contributed by atoms with Crippen LogP contribution in [0.2, 0.25) is 10.0 Å². The van der Waals surface area contributed by atoms with E-state index in [2.05, 4.69) is 16.4 Å². The van der Waals surface area contributed by atoms with E-state index in [0.29, 0.717) is 16.6 Å². The fourth-order valence-electron chi connectivity index (χ4n) is 2.17. The lowest BCUT2D eigenvalue weighted by Crippen LogP contribution is -2.01. The van der Waals surface area contributed by atoms with E-state index in [1.165, 1.54) is 5.39 Å². The molecule has 0 radical (unpaired) electrons. The van der Waals surface area contributed by atoms with E-state index >= 15 is 0 Å². The van der Waals surface area contributed by atoms with Gasteiger partial charge in [0.25, 0.3) is 0 Å². The Kier molecular flexibility index (Phi) is 3.77. The molecule has 0 aliphatic heterocycles. The van der Waals surface area contributed by atoms with Gasteiger partial charge in [0.15, 0.2) is 0 Å². The Morgan fingerprint density at radius 2 is 1.65 bits per heavy atom. The molecular weight excluding hydrogens is 291 g/mol. The van der Waals surface area contributed by atoms with Crippen molar-refractivity contribution in [3.05, 3.63) is 70.5 Å². The van der Waals surface area contributed by atoms with E-state index in [1.807, 2.05) is 48.8 Å². The smallest absolute Gasteiger partial charge is 0.0721 e. The minimum Gasteiger partial charge on any atom is -0.378 e. The SMILES string of the molecule is Clc1cccc(Cl)c1NCc1cncc2ccccc12. The maximum atomic E-state index is 6.15. The van der Waals surface area contributed by atoms with Gasteiger partial charge in [-0.05, 0) is 23.1 Å². The third-order valence-electron chi connectivity index (χ3n) is 3.17. The predicted octanol–water partition coefficient (Wildman–Crippen LogP) is 5.15. The molecule has 0 spiro atoms. The van der Waals surface area contributed by atoms with Crippen molar-refractivity contribution in [1.29, 1.82) is 0 Å². The van der Waals surface area contributed by atoms with Crippen molar-refractivity contribution >= 4 is 39.7 Å². The summed E-state index contributed by atoms with van der Waals surface area (Å²) in [6.07, 6.45) is 3.72. The van der Waals surface area contributed by atoms with Gasteiger partial charge < -0.3 is 5.32 Å². The topological polar surface area (TPSA) is 24.9 Å². The zero-order valence-electron chi connectivity index (χ0n) is 10.6. The molecule has 0 saturated carbocycles. The Balaban J connectivity index is 1.91. The molecule has 3 aromatic rings. The molecule has 1 heterocycles. The minimum atomic E-state index is 0.616. The lowest BCUT2D eigenvalue weighted by molar-refractivity contribution is 1.14. The standard InChI is InChI=1S/C16H12Cl2N2/c17-14-6-3-7-15(18)16(14)20-10-12-9-19-8-11-4-1-2-5-13(11)12/h1-9,20H,10H2. The Labute approximate surface area is 127 Å². The van der Waals surface area contributed by atoms with Gasteiger partial charge in [-0.25, -0.2) is 0 Å². The fraction of sp³-hybridized carbons (Fsp3) is 0.0625. The van der Waals surface area contributed by atoms with Gasteiger partial charge in [0.05, 0.1) is 15.7 Å². The summed E-state index contributed by atoms with van der Waals surface area (Å²) < 4.78 is 0. The van der Waals surface area contributed by atoms with E-state index in [-0.39, 0.29) is 0 Å². The van der Waals surface area contributed by atoms with E-state index in [9.17, 15) is 0 Å². The lowest BCUT2D eigenvalue weighted by Gasteiger charge is -2.11. The number of rotatable bonds is 3. The van der Waals surface area contributed by atoms with Crippen LogP contribution in [0, 0.1) is 0 Å². The average molecular weight is 303 g/mol. The van der Waals surface area contributed by atoms with Gasteiger partial charge in [0, 0.05) is 24.3 Å². The van der Waals surface area contributed by atoms with Gasteiger partial charge in [0.1, 0.15) is 0 Å². The summed E-state index contributed by atoms with van der Waals surface area (Å²) in [6.45, 7) is 0.623. The zero-order chi connectivity index (χ0) is 13.9. The molecule has 0 aliphatic rings. The number of pyridine rings is 1. The fourth-order valence-corrected chi connectivity index (χ4v) is 2.70. The Morgan fingerprint density at radius 1 is 0.900 bits per heavy atom. The summed E-state index contributed by atoms with van der Waals surface area (Å²) in [4.78, 5) is 4.26. The van der Waals surface area contributed by atoms with Crippen molar-refractivity contribution in [3.63, 3.8) is 0 Å². The highest BCUT2D eigenvalue weighted by Gasteiger charge is 2.06. The predicted molar refractivity (Wildman–Crippen MR) is 85.5 cm³/mol. The van der Waals surface area contributed by atoms with Crippen LogP contribution in [0.25, 0.3) is 10.8 Å². The number of hydrogen-bond acceptors (Lipinski definition) is 2. The number of anilines is 1. The molecule has 0 unspecified atom stereocenters. The second kappa shape index (κ2) is 5.70. The minimum absolute atomic E-state index is 0.616. The molecule has 2 aromatic carbocycles. The quantitative estimate of drug-likeness (QED) is 0.723. The van der Waals surface area contributed by atoms with Crippen LogP contribution in [0.3, 0.4) is 0 Å². The van der Waals surface area contributed by atoms with E-state index in [1.54, 1.807) is 0 Å². The number of nitrogens with one attached hydrogen (secondary N) is 1. The number of hydrogen-bond donors (Lipinski definition) is 1. The number of nitrogens with zero attached hydrogens (tertiary/aromatic N) is 1. The van der Waals surface area contributed by atoms with Crippen LogP contribution < -0.4 is 5.32 Å². The molecule has 0 amide bonds. The van der Waals surface area contributed by atoms with Gasteiger partial charge in [-0.15, -0.1) is 0 Å². The molecular formula is C16H12Cl2N2. The number of para-hydroxylation sites is 1. The summed E-state index contributed by atoms with van der Waals surface area (Å²) in [6, 6.07) is 13.6. The molecule has 0 aliphatic carbocycles. The van der Waals surface area contributed by atoms with Gasteiger partial charge in [0.2, 0.25) is 0 Å². The Hall–Kier alpha value is -1.77. The van der Waals surface area contributed by atoms with Crippen LogP contribution in [-0.4, -0.2) is 4.98 Å². The zero-order valence-corrected chi connectivity index (χ0v) is 12.1. The first kappa shape index (κ1) is 13.2. The highest BCUT2D eigenvalue weighted by atomic mass is 35.5. The van der Waals surface area contributed by atoms with E-state index in [4.69, 9.17) is 23.2 Å². The highest BCUT2D eigenvalue weighted by Crippen LogP contribution is 2.30. The van der Waals surface area contributed by atoms with E-state index < -0.39 is 0 Å². The van der Waals surface area contributed by atoms with Gasteiger partial charge in [-0.3, -0.25) is 4.98 Å². The maximum absolute atomic E-state index is 6.15. The number of benzene rings is 2. The Morgan fingerprint density at radius 3 is 2.45 bits per heavy atom. The second-order valence-corrected chi connectivity index (χ2v) is 5.28. The first-order valence-electron chi connectivity index (χ1n) is 6.25. The second-order valence-electron chi connectivity index (χ2n) is 4.47. The summed E-state index contributed by atoms with van der Waals surface area (Å²) in [5.74, 6) is 0. The summed E-state index contributed by atoms with van der Waals surface area (Å²) >= 11 is 12.3. The van der Waals surface area contributed by atoms with Crippen molar-refractivity contribution in [2.45, 2.75) is 6.54 Å². The number of halogens is 2. The van der Waals surface area contributed by atoms with Crippen LogP contribution in [0.4, 0.5) is 5.69 Å². The van der Waals surface area contributed by atoms with Gasteiger partial charge in [-0.1, -0.05) is 53.5 Å². The van der Waals surface area contributed by atoms with Gasteiger partial charge >= 0.3 is 0 Å². The summed E-state index contributed by atoms with van der Waals surface area (Å²) in [7, 11) is 0. The first-order valence-corrected chi connectivity index (χ1v) is 7.01. The van der Waals surface area contributed by atoms with Crippen molar-refractivity contribution in [1.82, 2.24) is 4.98 Å². The maximum Gasteiger partial charge on any atom is 0.0721 e. The monoisotopic (exact) mass is 302 g/mol. The molecule has 0 atom stereocenters. The molecule has 2 nitrogen and oxygen atoms in total. The highest BCUT2D eigenvalue weighted by molar-refractivity contribution is 6.39. The van der Waals surface area contributed by atoms with Crippen LogP contribution >= 0.6 is 23.2 Å². The third kappa shape index (κ3) is 2.58. The van der Waals surface area contributed by atoms with Crippen LogP contribution in [0.15, 0.2) is 54.9 Å². The Bertz CT molecular complexity index is 731. The summed E-state index contributed by atoms with van der Waals surface area (Å²) in [5.41, 5.74) is 1.86. The van der Waals surface area contributed by atoms with Crippen molar-refractivity contribution < 1.29 is 0 Å². The number of fused-ring (bicyclic) bond motifs is 1. The van der Waals surface area contributed by atoms with Crippen molar-refractivity contribution in [3.8, 4) is 0 Å². The van der Waals surface area contributed by atoms with Crippen molar-refractivity contribution in [2.24, 2.45) is 0 Å². The lowest BCUT2D eigenvalue weighted by atomic mass is 10.1. The molecule has 1 N–H and O–H groups in total.